The van der Waals surface area contributed by atoms with Crippen molar-refractivity contribution in [1.29, 1.82) is 0 Å². The molecule has 0 aromatic heterocycles. The van der Waals surface area contributed by atoms with E-state index in [1.54, 1.807) is 0 Å². The summed E-state index contributed by atoms with van der Waals surface area (Å²) in [5.74, 6) is 0.599. The Kier molecular flexibility index (Phi) is 4.22. The van der Waals surface area contributed by atoms with Crippen molar-refractivity contribution in [3.8, 4) is 0 Å². The standard InChI is InChI=1S/C13H20O5/c14-8-17-7-13(12(16)18-9-15)5-10-2-1-3-11(4-10)6-13/h8,10-11,15H,1-7,9H2. The Morgan fingerprint density at radius 2 is 2.00 bits per heavy atom. The molecular weight excluding hydrogens is 236 g/mol. The van der Waals surface area contributed by atoms with Crippen LogP contribution >= 0.6 is 0 Å². The van der Waals surface area contributed by atoms with E-state index in [0.29, 0.717) is 31.1 Å². The zero-order valence-corrected chi connectivity index (χ0v) is 10.5. The molecule has 2 saturated carbocycles. The molecular formula is C13H20O5. The number of hydrogen-bond acceptors (Lipinski definition) is 5. The molecule has 0 aromatic rings. The van der Waals surface area contributed by atoms with Gasteiger partial charge in [-0.2, -0.15) is 0 Å². The van der Waals surface area contributed by atoms with Gasteiger partial charge in [0.05, 0.1) is 0 Å². The number of fused-ring (bicyclic) bond motifs is 2. The van der Waals surface area contributed by atoms with Crippen LogP contribution in [-0.2, 0) is 19.1 Å². The van der Waals surface area contributed by atoms with Crippen LogP contribution in [0.5, 0.6) is 0 Å². The summed E-state index contributed by atoms with van der Waals surface area (Å²) in [6, 6.07) is 0. The maximum absolute atomic E-state index is 12.1. The fourth-order valence-corrected chi connectivity index (χ4v) is 3.71. The average molecular weight is 256 g/mol. The zero-order valence-electron chi connectivity index (χ0n) is 10.5. The first kappa shape index (κ1) is 13.3. The zero-order chi connectivity index (χ0) is 13.0. The number of aliphatic hydroxyl groups excluding tert-OH is 1. The molecule has 2 unspecified atom stereocenters. The third kappa shape index (κ3) is 2.66. The summed E-state index contributed by atoms with van der Waals surface area (Å²) in [6.45, 7) is -0.169. The Balaban J connectivity index is 2.13. The predicted octanol–water partition coefficient (Wildman–Crippen LogP) is 1.24. The van der Waals surface area contributed by atoms with Gasteiger partial charge in [-0.05, 0) is 31.1 Å². The van der Waals surface area contributed by atoms with Crippen molar-refractivity contribution < 1.29 is 24.2 Å². The molecule has 102 valence electrons. The Hall–Kier alpha value is -1.10. The SMILES string of the molecule is O=COCC1(C(=O)OCO)CC2CCCC(C2)C1. The Morgan fingerprint density at radius 3 is 2.56 bits per heavy atom. The number of ether oxygens (including phenoxy) is 2. The van der Waals surface area contributed by atoms with Gasteiger partial charge in [0.1, 0.15) is 12.0 Å². The van der Waals surface area contributed by atoms with Gasteiger partial charge < -0.3 is 14.6 Å². The number of esters is 1. The molecule has 1 N–H and O–H groups in total. The van der Waals surface area contributed by atoms with E-state index in [0.717, 1.165) is 19.3 Å². The summed E-state index contributed by atoms with van der Waals surface area (Å²) in [6.07, 6.45) is 6.05. The van der Waals surface area contributed by atoms with Crippen LogP contribution < -0.4 is 0 Å². The van der Waals surface area contributed by atoms with E-state index in [9.17, 15) is 9.59 Å². The lowest BCUT2D eigenvalue weighted by atomic mass is 9.61. The lowest BCUT2D eigenvalue weighted by molar-refractivity contribution is -0.175. The molecule has 2 fully saturated rings. The van der Waals surface area contributed by atoms with Crippen molar-refractivity contribution in [3.05, 3.63) is 0 Å². The first-order chi connectivity index (χ1) is 8.70. The first-order valence-corrected chi connectivity index (χ1v) is 6.53. The maximum Gasteiger partial charge on any atom is 0.317 e. The lowest BCUT2D eigenvalue weighted by Crippen LogP contribution is -2.45. The molecule has 0 spiro atoms. The normalized spacial score (nSPS) is 34.7. The second kappa shape index (κ2) is 5.69. The van der Waals surface area contributed by atoms with Crippen molar-refractivity contribution >= 4 is 12.4 Å². The van der Waals surface area contributed by atoms with Crippen LogP contribution in [0.3, 0.4) is 0 Å². The molecule has 5 heteroatoms. The molecule has 2 aliphatic carbocycles. The van der Waals surface area contributed by atoms with Crippen LogP contribution in [0.4, 0.5) is 0 Å². The molecule has 18 heavy (non-hydrogen) atoms. The number of carbonyl (C=O) groups excluding carboxylic acids is 2. The Morgan fingerprint density at radius 1 is 1.33 bits per heavy atom. The van der Waals surface area contributed by atoms with Gasteiger partial charge in [0.25, 0.3) is 6.47 Å². The van der Waals surface area contributed by atoms with E-state index in [1.807, 2.05) is 0 Å². The van der Waals surface area contributed by atoms with Gasteiger partial charge in [-0.3, -0.25) is 9.59 Å². The van der Waals surface area contributed by atoms with Crippen LogP contribution in [-0.4, -0.2) is 30.9 Å². The minimum Gasteiger partial charge on any atom is -0.467 e. The van der Waals surface area contributed by atoms with Crippen molar-refractivity contribution in [1.82, 2.24) is 0 Å². The third-order valence-electron chi connectivity index (χ3n) is 4.31. The van der Waals surface area contributed by atoms with E-state index in [-0.39, 0.29) is 6.61 Å². The van der Waals surface area contributed by atoms with E-state index >= 15 is 0 Å². The summed E-state index contributed by atoms with van der Waals surface area (Å²) >= 11 is 0. The second-order valence-corrected chi connectivity index (χ2v) is 5.56. The van der Waals surface area contributed by atoms with Crippen molar-refractivity contribution in [2.75, 3.05) is 13.4 Å². The van der Waals surface area contributed by atoms with Crippen molar-refractivity contribution in [2.24, 2.45) is 17.3 Å². The van der Waals surface area contributed by atoms with Crippen molar-refractivity contribution in [3.63, 3.8) is 0 Å². The smallest absolute Gasteiger partial charge is 0.317 e. The van der Waals surface area contributed by atoms with Crippen LogP contribution in [0.2, 0.25) is 0 Å². The fraction of sp³-hybridized carbons (Fsp3) is 0.846. The van der Waals surface area contributed by atoms with Crippen LogP contribution in [0, 0.1) is 17.3 Å². The highest BCUT2D eigenvalue weighted by atomic mass is 16.6. The van der Waals surface area contributed by atoms with Gasteiger partial charge in [0, 0.05) is 0 Å². The van der Waals surface area contributed by atoms with E-state index in [1.165, 1.54) is 6.42 Å². The number of rotatable bonds is 5. The number of aliphatic hydroxyl groups is 1. The van der Waals surface area contributed by atoms with Crippen LogP contribution in [0.25, 0.3) is 0 Å². The topological polar surface area (TPSA) is 72.8 Å². The van der Waals surface area contributed by atoms with E-state index < -0.39 is 18.2 Å². The minimum atomic E-state index is -0.738. The van der Waals surface area contributed by atoms with Gasteiger partial charge in [-0.25, -0.2) is 0 Å². The first-order valence-electron chi connectivity index (χ1n) is 6.53. The highest BCUT2D eigenvalue weighted by Gasteiger charge is 2.49. The Labute approximate surface area is 106 Å². The quantitative estimate of drug-likeness (QED) is 0.455. The molecule has 2 aliphatic rings. The third-order valence-corrected chi connectivity index (χ3v) is 4.31. The summed E-state index contributed by atoms with van der Waals surface area (Å²) < 4.78 is 9.61. The molecule has 0 amide bonds. The van der Waals surface area contributed by atoms with Crippen LogP contribution in [0.15, 0.2) is 0 Å². The number of carbonyl (C=O) groups is 2. The van der Waals surface area contributed by atoms with E-state index in [2.05, 4.69) is 0 Å². The van der Waals surface area contributed by atoms with Gasteiger partial charge in [0.2, 0.25) is 0 Å². The molecule has 0 radical (unpaired) electrons. The summed E-state index contributed by atoms with van der Waals surface area (Å²) in [7, 11) is 0. The average Bonchev–Trinajstić information content (AvgIpc) is 2.36. The summed E-state index contributed by atoms with van der Waals surface area (Å²) in [5, 5.41) is 8.76. The fourth-order valence-electron chi connectivity index (χ4n) is 3.71. The maximum atomic E-state index is 12.1. The van der Waals surface area contributed by atoms with E-state index in [4.69, 9.17) is 14.6 Å². The molecule has 2 atom stereocenters. The van der Waals surface area contributed by atoms with Crippen molar-refractivity contribution in [2.45, 2.75) is 38.5 Å². The molecule has 2 bridgehead atoms. The summed E-state index contributed by atoms with van der Waals surface area (Å²) in [5.41, 5.74) is -0.738. The molecule has 5 nitrogen and oxygen atoms in total. The van der Waals surface area contributed by atoms with Gasteiger partial charge >= 0.3 is 5.97 Å². The second-order valence-electron chi connectivity index (χ2n) is 5.56. The van der Waals surface area contributed by atoms with Gasteiger partial charge in [0.15, 0.2) is 6.79 Å². The Bertz CT molecular complexity index is 303. The molecule has 0 saturated heterocycles. The van der Waals surface area contributed by atoms with Gasteiger partial charge in [-0.1, -0.05) is 19.3 Å². The molecule has 0 heterocycles. The number of hydrogen-bond donors (Lipinski definition) is 1. The minimum absolute atomic E-state index is 0.0718. The monoisotopic (exact) mass is 256 g/mol. The highest BCUT2D eigenvalue weighted by Crippen LogP contribution is 2.49. The van der Waals surface area contributed by atoms with Gasteiger partial charge in [-0.15, -0.1) is 0 Å². The summed E-state index contributed by atoms with van der Waals surface area (Å²) in [4.78, 5) is 22.5. The highest BCUT2D eigenvalue weighted by molar-refractivity contribution is 5.77. The largest absolute Gasteiger partial charge is 0.467 e. The predicted molar refractivity (Wildman–Crippen MR) is 62.3 cm³/mol. The molecule has 0 aliphatic heterocycles. The van der Waals surface area contributed by atoms with Crippen LogP contribution in [0.1, 0.15) is 38.5 Å². The molecule has 2 rings (SSSR count). The molecule has 0 aromatic carbocycles. The lowest BCUT2D eigenvalue weighted by Gasteiger charge is -2.44.